The second-order valence-electron chi connectivity index (χ2n) is 6.92. The number of rotatable bonds is 1. The summed E-state index contributed by atoms with van der Waals surface area (Å²) >= 11 is 0. The average molecular weight is 257 g/mol. The van der Waals surface area contributed by atoms with Crippen LogP contribution in [0, 0.1) is 16.7 Å². The molecule has 1 heterocycles. The first-order chi connectivity index (χ1) is 8.81. The van der Waals surface area contributed by atoms with Crippen molar-refractivity contribution in [2.45, 2.75) is 33.2 Å². The van der Waals surface area contributed by atoms with E-state index in [1.54, 1.807) is 0 Å². The van der Waals surface area contributed by atoms with Gasteiger partial charge in [-0.15, -0.1) is 0 Å². The SMILES string of the molecule is CC1(C)CNC(C)(C)CN(c2ccc(C#N)cc2)C1. The molecule has 0 unspecified atom stereocenters. The quantitative estimate of drug-likeness (QED) is 0.841. The van der Waals surface area contributed by atoms with Crippen LogP contribution in [-0.4, -0.2) is 25.2 Å². The molecule has 0 atom stereocenters. The third-order valence-electron chi connectivity index (χ3n) is 3.61. The monoisotopic (exact) mass is 257 g/mol. The fourth-order valence-corrected chi connectivity index (χ4v) is 2.57. The Labute approximate surface area is 116 Å². The first-order valence-corrected chi connectivity index (χ1v) is 6.82. The Morgan fingerprint density at radius 3 is 2.32 bits per heavy atom. The van der Waals surface area contributed by atoms with Crippen molar-refractivity contribution in [3.05, 3.63) is 29.8 Å². The largest absolute Gasteiger partial charge is 0.369 e. The maximum atomic E-state index is 8.88. The molecule has 0 aliphatic carbocycles. The van der Waals surface area contributed by atoms with Gasteiger partial charge in [0.15, 0.2) is 0 Å². The van der Waals surface area contributed by atoms with Crippen LogP contribution in [0.5, 0.6) is 0 Å². The van der Waals surface area contributed by atoms with E-state index in [-0.39, 0.29) is 11.0 Å². The molecular formula is C16H23N3. The molecule has 1 fully saturated rings. The van der Waals surface area contributed by atoms with Gasteiger partial charge in [-0.25, -0.2) is 0 Å². The highest BCUT2D eigenvalue weighted by molar-refractivity contribution is 5.50. The van der Waals surface area contributed by atoms with E-state index in [0.717, 1.165) is 25.2 Å². The standard InChI is InChI=1S/C16H23N3/c1-15(2)10-18-16(3,4)12-19(11-15)14-7-5-13(9-17)6-8-14/h5-8,18H,10-12H2,1-4H3. The van der Waals surface area contributed by atoms with E-state index < -0.39 is 0 Å². The van der Waals surface area contributed by atoms with Gasteiger partial charge in [0, 0.05) is 30.9 Å². The molecule has 1 aromatic rings. The topological polar surface area (TPSA) is 39.1 Å². The van der Waals surface area contributed by atoms with Crippen molar-refractivity contribution < 1.29 is 0 Å². The third kappa shape index (κ3) is 3.48. The minimum Gasteiger partial charge on any atom is -0.369 e. The number of benzene rings is 1. The molecule has 0 saturated carbocycles. The Hall–Kier alpha value is -1.53. The summed E-state index contributed by atoms with van der Waals surface area (Å²) in [5, 5.41) is 12.5. The summed E-state index contributed by atoms with van der Waals surface area (Å²) in [6.07, 6.45) is 0. The average Bonchev–Trinajstić information content (AvgIpc) is 2.46. The molecule has 102 valence electrons. The maximum absolute atomic E-state index is 8.88. The van der Waals surface area contributed by atoms with Crippen LogP contribution in [0.25, 0.3) is 0 Å². The van der Waals surface area contributed by atoms with E-state index in [1.807, 2.05) is 12.1 Å². The number of hydrogen-bond acceptors (Lipinski definition) is 3. The zero-order chi connectivity index (χ0) is 14.1. The molecule has 1 aliphatic rings. The third-order valence-corrected chi connectivity index (χ3v) is 3.61. The summed E-state index contributed by atoms with van der Waals surface area (Å²) < 4.78 is 0. The lowest BCUT2D eigenvalue weighted by Crippen LogP contribution is -2.46. The van der Waals surface area contributed by atoms with Crippen LogP contribution in [0.2, 0.25) is 0 Å². The Morgan fingerprint density at radius 2 is 1.74 bits per heavy atom. The van der Waals surface area contributed by atoms with Gasteiger partial charge in [0.1, 0.15) is 0 Å². The molecule has 1 aromatic carbocycles. The number of nitrogens with zero attached hydrogens (tertiary/aromatic N) is 2. The lowest BCUT2D eigenvalue weighted by molar-refractivity contribution is 0.332. The van der Waals surface area contributed by atoms with Crippen molar-refractivity contribution in [1.82, 2.24) is 5.32 Å². The summed E-state index contributed by atoms with van der Waals surface area (Å²) in [5.41, 5.74) is 2.25. The number of hydrogen-bond donors (Lipinski definition) is 1. The van der Waals surface area contributed by atoms with Crippen molar-refractivity contribution in [1.29, 1.82) is 5.26 Å². The van der Waals surface area contributed by atoms with Crippen molar-refractivity contribution in [3.8, 4) is 6.07 Å². The van der Waals surface area contributed by atoms with Crippen LogP contribution in [0.4, 0.5) is 5.69 Å². The first-order valence-electron chi connectivity index (χ1n) is 6.82. The molecule has 1 aliphatic heterocycles. The van der Waals surface area contributed by atoms with Gasteiger partial charge in [0.25, 0.3) is 0 Å². The van der Waals surface area contributed by atoms with Gasteiger partial charge in [-0.2, -0.15) is 5.26 Å². The number of nitrogens with one attached hydrogen (secondary N) is 1. The lowest BCUT2D eigenvalue weighted by Gasteiger charge is -2.33. The van der Waals surface area contributed by atoms with Crippen LogP contribution >= 0.6 is 0 Å². The van der Waals surface area contributed by atoms with Gasteiger partial charge >= 0.3 is 0 Å². The fourth-order valence-electron chi connectivity index (χ4n) is 2.57. The lowest BCUT2D eigenvalue weighted by atomic mass is 9.93. The minimum absolute atomic E-state index is 0.0989. The maximum Gasteiger partial charge on any atom is 0.0991 e. The normalized spacial score (nSPS) is 21.5. The van der Waals surface area contributed by atoms with Crippen LogP contribution < -0.4 is 10.2 Å². The molecule has 0 spiro atoms. The van der Waals surface area contributed by atoms with Crippen LogP contribution in [0.15, 0.2) is 24.3 Å². The highest BCUT2D eigenvalue weighted by Gasteiger charge is 2.32. The molecule has 1 saturated heterocycles. The minimum atomic E-state index is 0.0989. The van der Waals surface area contributed by atoms with E-state index in [1.165, 1.54) is 5.69 Å². The molecule has 3 heteroatoms. The summed E-state index contributed by atoms with van der Waals surface area (Å²) in [6, 6.07) is 10.1. The number of nitriles is 1. The predicted octanol–water partition coefficient (Wildman–Crippen LogP) is 2.77. The molecule has 3 nitrogen and oxygen atoms in total. The Morgan fingerprint density at radius 1 is 1.11 bits per heavy atom. The van der Waals surface area contributed by atoms with Crippen LogP contribution in [0.1, 0.15) is 33.3 Å². The molecule has 19 heavy (non-hydrogen) atoms. The van der Waals surface area contributed by atoms with E-state index in [9.17, 15) is 0 Å². The second kappa shape index (κ2) is 4.86. The van der Waals surface area contributed by atoms with Gasteiger partial charge < -0.3 is 10.2 Å². The summed E-state index contributed by atoms with van der Waals surface area (Å²) in [7, 11) is 0. The van der Waals surface area contributed by atoms with Crippen LogP contribution in [-0.2, 0) is 0 Å². The van der Waals surface area contributed by atoms with Crippen molar-refractivity contribution >= 4 is 5.69 Å². The molecule has 0 radical (unpaired) electrons. The van der Waals surface area contributed by atoms with Gasteiger partial charge in [0.2, 0.25) is 0 Å². The molecule has 2 rings (SSSR count). The highest BCUT2D eigenvalue weighted by Crippen LogP contribution is 2.27. The summed E-state index contributed by atoms with van der Waals surface area (Å²) in [6.45, 7) is 12.1. The summed E-state index contributed by atoms with van der Waals surface area (Å²) in [5.74, 6) is 0. The first kappa shape index (κ1) is 13.9. The fraction of sp³-hybridized carbons (Fsp3) is 0.562. The molecule has 0 aromatic heterocycles. The van der Waals surface area contributed by atoms with Crippen molar-refractivity contribution in [3.63, 3.8) is 0 Å². The van der Waals surface area contributed by atoms with Crippen molar-refractivity contribution in [2.24, 2.45) is 5.41 Å². The zero-order valence-electron chi connectivity index (χ0n) is 12.3. The molecular weight excluding hydrogens is 234 g/mol. The molecule has 0 amide bonds. The van der Waals surface area contributed by atoms with E-state index in [0.29, 0.717) is 0 Å². The van der Waals surface area contributed by atoms with Gasteiger partial charge in [-0.3, -0.25) is 0 Å². The zero-order valence-corrected chi connectivity index (χ0v) is 12.3. The Kier molecular flexibility index (Phi) is 3.56. The highest BCUT2D eigenvalue weighted by atomic mass is 15.2. The van der Waals surface area contributed by atoms with Crippen molar-refractivity contribution in [2.75, 3.05) is 24.5 Å². The van der Waals surface area contributed by atoms with E-state index >= 15 is 0 Å². The van der Waals surface area contributed by atoms with E-state index in [2.05, 4.69) is 56.1 Å². The smallest absolute Gasteiger partial charge is 0.0991 e. The van der Waals surface area contributed by atoms with Gasteiger partial charge in [0.05, 0.1) is 11.6 Å². The second-order valence-corrected chi connectivity index (χ2v) is 6.92. The van der Waals surface area contributed by atoms with E-state index in [4.69, 9.17) is 5.26 Å². The summed E-state index contributed by atoms with van der Waals surface area (Å²) in [4.78, 5) is 2.42. The van der Waals surface area contributed by atoms with Gasteiger partial charge in [-0.05, 0) is 43.5 Å². The number of anilines is 1. The van der Waals surface area contributed by atoms with Crippen LogP contribution in [0.3, 0.4) is 0 Å². The van der Waals surface area contributed by atoms with Gasteiger partial charge in [-0.1, -0.05) is 13.8 Å². The Balaban J connectivity index is 2.27. The predicted molar refractivity (Wildman–Crippen MR) is 79.2 cm³/mol. The Bertz CT molecular complexity index is 462. The molecule has 1 N–H and O–H groups in total. The molecule has 0 bridgehead atoms.